The fraction of sp³-hybridized carbons (Fsp3) is 1.00. The molecule has 0 aromatic rings. The minimum atomic E-state index is -3.12. The maximum Gasteiger partial charge on any atom is 0.211 e. The first-order valence-electron chi connectivity index (χ1n) is 5.35. The summed E-state index contributed by atoms with van der Waals surface area (Å²) in [6.07, 6.45) is 1.34. The van der Waals surface area contributed by atoms with Crippen LogP contribution in [0.4, 0.5) is 0 Å². The Kier molecular flexibility index (Phi) is 5.77. The molecule has 0 fully saturated rings. The van der Waals surface area contributed by atoms with Crippen LogP contribution in [0.1, 0.15) is 40.5 Å². The van der Waals surface area contributed by atoms with Gasteiger partial charge in [-0.1, -0.05) is 20.8 Å². The van der Waals surface area contributed by atoms with Crippen molar-refractivity contribution in [1.29, 1.82) is 0 Å². The quantitative estimate of drug-likeness (QED) is 0.725. The van der Waals surface area contributed by atoms with Crippen molar-refractivity contribution in [1.82, 2.24) is 4.72 Å². The summed E-state index contributed by atoms with van der Waals surface area (Å²) in [6, 6.07) is 0.0373. The summed E-state index contributed by atoms with van der Waals surface area (Å²) in [5.41, 5.74) is 5.58. The monoisotopic (exact) mass is 236 g/mol. The zero-order valence-electron chi connectivity index (χ0n) is 10.2. The van der Waals surface area contributed by atoms with Gasteiger partial charge in [0.25, 0.3) is 0 Å². The summed E-state index contributed by atoms with van der Waals surface area (Å²) in [6.45, 7) is 8.40. The SMILES string of the molecule is C[C@@H](N)CCNS(=O)(=O)CCC(C)(C)C. The molecule has 92 valence electrons. The lowest BCUT2D eigenvalue weighted by Crippen LogP contribution is -2.31. The van der Waals surface area contributed by atoms with Crippen LogP contribution in [0.3, 0.4) is 0 Å². The van der Waals surface area contributed by atoms with Gasteiger partial charge >= 0.3 is 0 Å². The molecule has 0 aromatic carbocycles. The third-order valence-electron chi connectivity index (χ3n) is 2.04. The van der Waals surface area contributed by atoms with E-state index in [1.165, 1.54) is 0 Å². The summed E-state index contributed by atoms with van der Waals surface area (Å²) < 4.78 is 25.6. The van der Waals surface area contributed by atoms with Crippen LogP contribution in [0.5, 0.6) is 0 Å². The second-order valence-electron chi connectivity index (χ2n) is 5.29. The molecule has 0 heterocycles. The molecule has 0 rings (SSSR count). The Hall–Kier alpha value is -0.130. The molecule has 0 aromatic heterocycles. The molecule has 0 spiro atoms. The predicted molar refractivity (Wildman–Crippen MR) is 64.1 cm³/mol. The number of rotatable bonds is 6. The maximum atomic E-state index is 11.5. The van der Waals surface area contributed by atoms with Crippen LogP contribution in [0.2, 0.25) is 0 Å². The first-order chi connectivity index (χ1) is 6.62. The highest BCUT2D eigenvalue weighted by Gasteiger charge is 2.16. The van der Waals surface area contributed by atoms with E-state index in [-0.39, 0.29) is 17.2 Å². The van der Waals surface area contributed by atoms with Crippen LogP contribution in [-0.4, -0.2) is 26.8 Å². The lowest BCUT2D eigenvalue weighted by molar-refractivity contribution is 0.396. The van der Waals surface area contributed by atoms with Gasteiger partial charge in [-0.05, 0) is 25.2 Å². The Morgan fingerprint density at radius 1 is 1.33 bits per heavy atom. The molecule has 4 nitrogen and oxygen atoms in total. The lowest BCUT2D eigenvalue weighted by Gasteiger charge is -2.18. The van der Waals surface area contributed by atoms with E-state index >= 15 is 0 Å². The van der Waals surface area contributed by atoms with Crippen LogP contribution < -0.4 is 10.5 Å². The Morgan fingerprint density at radius 3 is 2.27 bits per heavy atom. The standard InChI is InChI=1S/C10H24N2O2S/c1-9(11)5-7-12-15(13,14)8-6-10(2,3)4/h9,12H,5-8,11H2,1-4H3/t9-/m1/s1. The first kappa shape index (κ1) is 14.9. The number of nitrogens with two attached hydrogens (primary N) is 1. The van der Waals surface area contributed by atoms with Crippen molar-refractivity contribution in [2.45, 2.75) is 46.6 Å². The number of hydrogen-bond donors (Lipinski definition) is 2. The van der Waals surface area contributed by atoms with Gasteiger partial charge in [0.1, 0.15) is 0 Å². The average molecular weight is 236 g/mol. The second kappa shape index (κ2) is 5.82. The van der Waals surface area contributed by atoms with Crippen molar-refractivity contribution in [3.05, 3.63) is 0 Å². The molecule has 5 heteroatoms. The van der Waals surface area contributed by atoms with Gasteiger partial charge in [0.15, 0.2) is 0 Å². The lowest BCUT2D eigenvalue weighted by atomic mass is 9.94. The Labute approximate surface area is 93.7 Å². The van der Waals surface area contributed by atoms with E-state index in [9.17, 15) is 8.42 Å². The van der Waals surface area contributed by atoms with Gasteiger partial charge in [0, 0.05) is 12.6 Å². The van der Waals surface area contributed by atoms with Crippen molar-refractivity contribution >= 4 is 10.0 Å². The molecule has 0 aliphatic rings. The number of nitrogens with one attached hydrogen (secondary N) is 1. The highest BCUT2D eigenvalue weighted by Crippen LogP contribution is 2.18. The highest BCUT2D eigenvalue weighted by atomic mass is 32.2. The number of hydrogen-bond acceptors (Lipinski definition) is 3. The van der Waals surface area contributed by atoms with E-state index in [1.807, 2.05) is 27.7 Å². The molecule has 0 aliphatic heterocycles. The summed E-state index contributed by atoms with van der Waals surface area (Å²) in [5, 5.41) is 0. The smallest absolute Gasteiger partial charge is 0.211 e. The summed E-state index contributed by atoms with van der Waals surface area (Å²) in [4.78, 5) is 0. The van der Waals surface area contributed by atoms with E-state index in [2.05, 4.69) is 4.72 Å². The van der Waals surface area contributed by atoms with Crippen LogP contribution in [0.25, 0.3) is 0 Å². The van der Waals surface area contributed by atoms with Crippen molar-refractivity contribution < 1.29 is 8.42 Å². The van der Waals surface area contributed by atoms with Crippen molar-refractivity contribution in [2.75, 3.05) is 12.3 Å². The summed E-state index contributed by atoms with van der Waals surface area (Å²) in [5.74, 6) is 0.190. The highest BCUT2D eigenvalue weighted by molar-refractivity contribution is 7.89. The van der Waals surface area contributed by atoms with Crippen molar-refractivity contribution in [2.24, 2.45) is 11.1 Å². The fourth-order valence-corrected chi connectivity index (χ4v) is 2.41. The van der Waals surface area contributed by atoms with Crippen molar-refractivity contribution in [3.63, 3.8) is 0 Å². The Bertz CT molecular complexity index is 266. The van der Waals surface area contributed by atoms with E-state index in [0.29, 0.717) is 19.4 Å². The molecule has 0 bridgehead atoms. The zero-order chi connectivity index (χ0) is 12.1. The number of sulfonamides is 1. The van der Waals surface area contributed by atoms with Crippen LogP contribution >= 0.6 is 0 Å². The Morgan fingerprint density at radius 2 is 1.87 bits per heavy atom. The fourth-order valence-electron chi connectivity index (χ4n) is 0.955. The van der Waals surface area contributed by atoms with Gasteiger partial charge in [-0.3, -0.25) is 0 Å². The van der Waals surface area contributed by atoms with Crippen LogP contribution in [-0.2, 0) is 10.0 Å². The molecule has 15 heavy (non-hydrogen) atoms. The minimum Gasteiger partial charge on any atom is -0.328 e. The van der Waals surface area contributed by atoms with E-state index in [4.69, 9.17) is 5.73 Å². The van der Waals surface area contributed by atoms with E-state index in [0.717, 1.165) is 0 Å². The normalized spacial score (nSPS) is 15.3. The molecular formula is C10H24N2O2S. The van der Waals surface area contributed by atoms with E-state index in [1.54, 1.807) is 0 Å². The molecule has 0 saturated heterocycles. The van der Waals surface area contributed by atoms with Crippen LogP contribution in [0, 0.1) is 5.41 Å². The van der Waals surface area contributed by atoms with Crippen LogP contribution in [0.15, 0.2) is 0 Å². The summed E-state index contributed by atoms with van der Waals surface area (Å²) in [7, 11) is -3.12. The summed E-state index contributed by atoms with van der Waals surface area (Å²) >= 11 is 0. The van der Waals surface area contributed by atoms with Gasteiger partial charge in [0.2, 0.25) is 10.0 Å². The van der Waals surface area contributed by atoms with E-state index < -0.39 is 10.0 Å². The third kappa shape index (κ3) is 10.2. The molecule has 0 radical (unpaired) electrons. The largest absolute Gasteiger partial charge is 0.328 e. The van der Waals surface area contributed by atoms with Gasteiger partial charge < -0.3 is 5.73 Å². The van der Waals surface area contributed by atoms with Gasteiger partial charge in [0.05, 0.1) is 5.75 Å². The third-order valence-corrected chi connectivity index (χ3v) is 3.43. The molecule has 0 amide bonds. The predicted octanol–water partition coefficient (Wildman–Crippen LogP) is 1.08. The molecule has 3 N–H and O–H groups in total. The van der Waals surface area contributed by atoms with Gasteiger partial charge in [-0.2, -0.15) is 0 Å². The molecular weight excluding hydrogens is 212 g/mol. The molecule has 0 aliphatic carbocycles. The Balaban J connectivity index is 3.89. The average Bonchev–Trinajstić information content (AvgIpc) is 1.99. The van der Waals surface area contributed by atoms with Gasteiger partial charge in [-0.25, -0.2) is 13.1 Å². The first-order valence-corrected chi connectivity index (χ1v) is 7.00. The molecule has 0 unspecified atom stereocenters. The topological polar surface area (TPSA) is 72.2 Å². The van der Waals surface area contributed by atoms with Crippen molar-refractivity contribution in [3.8, 4) is 0 Å². The minimum absolute atomic E-state index is 0.0373. The molecule has 0 saturated carbocycles. The zero-order valence-corrected chi connectivity index (χ0v) is 11.0. The molecule has 1 atom stereocenters. The second-order valence-corrected chi connectivity index (χ2v) is 7.22. The van der Waals surface area contributed by atoms with Gasteiger partial charge in [-0.15, -0.1) is 0 Å². The maximum absolute atomic E-state index is 11.5.